The van der Waals surface area contributed by atoms with Crippen molar-refractivity contribution in [1.82, 2.24) is 24.6 Å². The first-order valence-corrected chi connectivity index (χ1v) is 9.91. The molecule has 2 aromatic heterocycles. The third kappa shape index (κ3) is 3.95. The molecule has 0 aromatic carbocycles. The van der Waals surface area contributed by atoms with Crippen molar-refractivity contribution in [2.75, 3.05) is 44.7 Å². The van der Waals surface area contributed by atoms with E-state index in [1.165, 1.54) is 7.11 Å². The molecule has 2 fully saturated rings. The van der Waals surface area contributed by atoms with Gasteiger partial charge in [0.05, 0.1) is 25.0 Å². The monoisotopic (exact) mass is 398 g/mol. The molecule has 2 amide bonds. The summed E-state index contributed by atoms with van der Waals surface area (Å²) in [5.74, 6) is 0.451. The molecule has 4 heterocycles. The first kappa shape index (κ1) is 19.4. The van der Waals surface area contributed by atoms with Crippen molar-refractivity contribution >= 4 is 17.5 Å². The van der Waals surface area contributed by atoms with Gasteiger partial charge in [-0.3, -0.25) is 19.2 Å². The predicted octanol–water partition coefficient (Wildman–Crippen LogP) is 0.777. The van der Waals surface area contributed by atoms with E-state index < -0.39 is 0 Å². The number of rotatable bonds is 4. The van der Waals surface area contributed by atoms with Gasteiger partial charge in [-0.25, -0.2) is 4.98 Å². The number of aryl methyl sites for hydroxylation is 1. The van der Waals surface area contributed by atoms with E-state index in [2.05, 4.69) is 15.0 Å². The number of carbonyl (C=O) groups excluding carboxylic acids is 2. The van der Waals surface area contributed by atoms with E-state index in [0.29, 0.717) is 37.8 Å². The standard InChI is InChI=1S/C20H26N6O3/c1-23-14-15(13-21-23)26-8-4-6-17(20(26)28)24-9-11-25(12-10-24)19(27)16-5-3-7-18(22-16)29-2/h3,5,7,13-14,17H,4,6,8-12H2,1-2H3. The number of aromatic nitrogens is 3. The van der Waals surface area contributed by atoms with Gasteiger partial charge in [0.15, 0.2) is 0 Å². The second-order valence-corrected chi connectivity index (χ2v) is 7.41. The molecular formula is C20H26N6O3. The number of ether oxygens (including phenoxy) is 1. The first-order chi connectivity index (χ1) is 14.1. The summed E-state index contributed by atoms with van der Waals surface area (Å²) in [4.78, 5) is 35.9. The molecular weight excluding hydrogens is 372 g/mol. The van der Waals surface area contributed by atoms with Gasteiger partial charge in [0, 0.05) is 52.0 Å². The lowest BCUT2D eigenvalue weighted by Crippen LogP contribution is -2.58. The van der Waals surface area contributed by atoms with Crippen LogP contribution in [0.5, 0.6) is 5.88 Å². The fourth-order valence-corrected chi connectivity index (χ4v) is 4.05. The van der Waals surface area contributed by atoms with E-state index >= 15 is 0 Å². The van der Waals surface area contributed by atoms with Crippen LogP contribution in [0.4, 0.5) is 5.69 Å². The fraction of sp³-hybridized carbons (Fsp3) is 0.500. The molecule has 0 bridgehead atoms. The van der Waals surface area contributed by atoms with E-state index in [0.717, 1.165) is 25.1 Å². The minimum atomic E-state index is -0.142. The summed E-state index contributed by atoms with van der Waals surface area (Å²) in [6, 6.07) is 5.05. The van der Waals surface area contributed by atoms with Crippen LogP contribution in [0.2, 0.25) is 0 Å². The summed E-state index contributed by atoms with van der Waals surface area (Å²) in [5, 5.41) is 4.18. The van der Waals surface area contributed by atoms with Gasteiger partial charge in [-0.15, -0.1) is 0 Å². The molecule has 0 aliphatic carbocycles. The number of hydrogen-bond donors (Lipinski definition) is 0. The average molecular weight is 398 g/mol. The van der Waals surface area contributed by atoms with Gasteiger partial charge >= 0.3 is 0 Å². The Morgan fingerprint density at radius 3 is 2.66 bits per heavy atom. The maximum absolute atomic E-state index is 13.1. The van der Waals surface area contributed by atoms with Crippen molar-refractivity contribution in [3.63, 3.8) is 0 Å². The van der Waals surface area contributed by atoms with Gasteiger partial charge < -0.3 is 14.5 Å². The van der Waals surface area contributed by atoms with Crippen molar-refractivity contribution in [2.45, 2.75) is 18.9 Å². The molecule has 9 nitrogen and oxygen atoms in total. The molecule has 1 unspecified atom stereocenters. The summed E-state index contributed by atoms with van der Waals surface area (Å²) < 4.78 is 6.82. The second kappa shape index (κ2) is 8.20. The lowest BCUT2D eigenvalue weighted by atomic mass is 10.0. The summed E-state index contributed by atoms with van der Waals surface area (Å²) >= 11 is 0. The Balaban J connectivity index is 1.38. The molecule has 9 heteroatoms. The van der Waals surface area contributed by atoms with Crippen LogP contribution in [-0.2, 0) is 11.8 Å². The zero-order valence-corrected chi connectivity index (χ0v) is 16.8. The molecule has 2 saturated heterocycles. The highest BCUT2D eigenvalue weighted by molar-refractivity contribution is 5.97. The third-order valence-electron chi connectivity index (χ3n) is 5.61. The topological polar surface area (TPSA) is 83.8 Å². The number of anilines is 1. The fourth-order valence-electron chi connectivity index (χ4n) is 4.05. The van der Waals surface area contributed by atoms with Crippen LogP contribution < -0.4 is 9.64 Å². The van der Waals surface area contributed by atoms with Crippen molar-refractivity contribution in [3.05, 3.63) is 36.3 Å². The Morgan fingerprint density at radius 1 is 1.17 bits per heavy atom. The number of piperidine rings is 1. The Kier molecular flexibility index (Phi) is 5.48. The molecule has 0 saturated carbocycles. The molecule has 2 aliphatic rings. The highest BCUT2D eigenvalue weighted by Gasteiger charge is 2.36. The Labute approximate surface area is 169 Å². The van der Waals surface area contributed by atoms with Crippen molar-refractivity contribution in [2.24, 2.45) is 7.05 Å². The molecule has 0 N–H and O–H groups in total. The average Bonchev–Trinajstić information content (AvgIpc) is 3.19. The summed E-state index contributed by atoms with van der Waals surface area (Å²) in [6.45, 7) is 3.23. The number of pyridine rings is 1. The number of amides is 2. The van der Waals surface area contributed by atoms with E-state index in [4.69, 9.17) is 4.74 Å². The van der Waals surface area contributed by atoms with E-state index in [1.54, 1.807) is 34.0 Å². The number of carbonyl (C=O) groups is 2. The molecule has 0 radical (unpaired) electrons. The third-order valence-corrected chi connectivity index (χ3v) is 5.61. The van der Waals surface area contributed by atoms with E-state index in [9.17, 15) is 9.59 Å². The summed E-state index contributed by atoms with van der Waals surface area (Å²) in [6.07, 6.45) is 5.41. The minimum Gasteiger partial charge on any atom is -0.481 e. The smallest absolute Gasteiger partial charge is 0.272 e. The highest BCUT2D eigenvalue weighted by atomic mass is 16.5. The summed E-state index contributed by atoms with van der Waals surface area (Å²) in [5.41, 5.74) is 1.23. The number of nitrogens with zero attached hydrogens (tertiary/aromatic N) is 6. The highest BCUT2D eigenvalue weighted by Crippen LogP contribution is 2.24. The van der Waals surface area contributed by atoms with Crippen molar-refractivity contribution < 1.29 is 14.3 Å². The number of methoxy groups -OCH3 is 1. The van der Waals surface area contributed by atoms with E-state index in [-0.39, 0.29) is 17.9 Å². The molecule has 1 atom stereocenters. The van der Waals surface area contributed by atoms with Crippen LogP contribution in [-0.4, -0.2) is 82.3 Å². The molecule has 4 rings (SSSR count). The van der Waals surface area contributed by atoms with E-state index in [1.807, 2.05) is 18.1 Å². The Bertz CT molecular complexity index is 890. The molecule has 0 spiro atoms. The Morgan fingerprint density at radius 2 is 1.97 bits per heavy atom. The van der Waals surface area contributed by atoms with Crippen LogP contribution in [0.1, 0.15) is 23.3 Å². The lowest BCUT2D eigenvalue weighted by molar-refractivity contribution is -0.126. The van der Waals surface area contributed by atoms with Gasteiger partial charge in [0.25, 0.3) is 5.91 Å². The maximum Gasteiger partial charge on any atom is 0.272 e. The van der Waals surface area contributed by atoms with Gasteiger partial charge in [0.1, 0.15) is 5.69 Å². The largest absolute Gasteiger partial charge is 0.481 e. The minimum absolute atomic E-state index is 0.101. The van der Waals surface area contributed by atoms with Gasteiger partial charge in [0.2, 0.25) is 11.8 Å². The number of hydrogen-bond acceptors (Lipinski definition) is 6. The summed E-state index contributed by atoms with van der Waals surface area (Å²) in [7, 11) is 3.38. The van der Waals surface area contributed by atoms with Crippen LogP contribution in [0.15, 0.2) is 30.6 Å². The zero-order valence-electron chi connectivity index (χ0n) is 16.8. The zero-order chi connectivity index (χ0) is 20.4. The van der Waals surface area contributed by atoms with Gasteiger partial charge in [-0.1, -0.05) is 6.07 Å². The quantitative estimate of drug-likeness (QED) is 0.757. The number of piperazine rings is 1. The van der Waals surface area contributed by atoms with Crippen LogP contribution in [0, 0.1) is 0 Å². The molecule has 2 aromatic rings. The molecule has 154 valence electrons. The second-order valence-electron chi connectivity index (χ2n) is 7.41. The molecule has 29 heavy (non-hydrogen) atoms. The first-order valence-electron chi connectivity index (χ1n) is 9.91. The van der Waals surface area contributed by atoms with Crippen molar-refractivity contribution in [3.8, 4) is 5.88 Å². The van der Waals surface area contributed by atoms with Crippen LogP contribution in [0.25, 0.3) is 0 Å². The molecule has 2 aliphatic heterocycles. The van der Waals surface area contributed by atoms with Crippen LogP contribution >= 0.6 is 0 Å². The predicted molar refractivity (Wildman–Crippen MR) is 107 cm³/mol. The van der Waals surface area contributed by atoms with Gasteiger partial charge in [-0.05, 0) is 18.9 Å². The normalized spacial score (nSPS) is 20.8. The van der Waals surface area contributed by atoms with Gasteiger partial charge in [-0.2, -0.15) is 5.10 Å². The lowest BCUT2D eigenvalue weighted by Gasteiger charge is -2.42. The maximum atomic E-state index is 13.1. The Hall–Kier alpha value is -2.94. The van der Waals surface area contributed by atoms with Crippen molar-refractivity contribution in [1.29, 1.82) is 0 Å². The SMILES string of the molecule is COc1cccc(C(=O)N2CCN(C3CCCN(c4cnn(C)c4)C3=O)CC2)n1. The van der Waals surface area contributed by atoms with Crippen LogP contribution in [0.3, 0.4) is 0 Å².